The second-order valence-electron chi connectivity index (χ2n) is 5.57. The van der Waals surface area contributed by atoms with Gasteiger partial charge < -0.3 is 5.11 Å². The fourth-order valence-electron chi connectivity index (χ4n) is 1.33. The number of hydrogen-bond donors (Lipinski definition) is 1. The van der Waals surface area contributed by atoms with E-state index in [9.17, 15) is 5.11 Å². The molecule has 0 rings (SSSR count). The minimum atomic E-state index is -1.35. The summed E-state index contributed by atoms with van der Waals surface area (Å²) >= 11 is 0. The Morgan fingerprint density at radius 1 is 1.11 bits per heavy atom. The van der Waals surface area contributed by atoms with Crippen molar-refractivity contribution < 1.29 is 5.11 Å². The lowest BCUT2D eigenvalue weighted by Crippen LogP contribution is -2.16. The van der Waals surface area contributed by atoms with E-state index in [4.69, 9.17) is 0 Å². The van der Waals surface area contributed by atoms with E-state index in [1.54, 1.807) is 6.08 Å². The molecular formula is C17H26OSi. The average Bonchev–Trinajstić information content (AvgIpc) is 2.32. The van der Waals surface area contributed by atoms with Gasteiger partial charge in [0.05, 0.1) is 0 Å². The molecule has 0 saturated heterocycles. The van der Waals surface area contributed by atoms with E-state index in [1.165, 1.54) is 12.8 Å². The van der Waals surface area contributed by atoms with Crippen molar-refractivity contribution in [2.45, 2.75) is 57.8 Å². The number of allylic oxidation sites excluding steroid dienone is 2. The summed E-state index contributed by atoms with van der Waals surface area (Å²) in [5.74, 6) is 8.27. The van der Waals surface area contributed by atoms with Gasteiger partial charge in [0, 0.05) is 0 Å². The first-order valence-electron chi connectivity index (χ1n) is 6.94. The molecule has 1 atom stereocenters. The Morgan fingerprint density at radius 2 is 1.79 bits per heavy atom. The minimum absolute atomic E-state index is 0.691. The van der Waals surface area contributed by atoms with Crippen molar-refractivity contribution in [3.05, 3.63) is 24.8 Å². The van der Waals surface area contributed by atoms with Crippen LogP contribution in [0.5, 0.6) is 0 Å². The molecule has 104 valence electrons. The van der Waals surface area contributed by atoms with Gasteiger partial charge in [-0.2, -0.15) is 0 Å². The first-order chi connectivity index (χ1) is 8.95. The predicted octanol–water partition coefficient (Wildman–Crippen LogP) is 3.92. The second kappa shape index (κ2) is 10.7. The summed E-state index contributed by atoms with van der Waals surface area (Å²) in [4.78, 5) is 0. The van der Waals surface area contributed by atoms with Crippen molar-refractivity contribution in [1.29, 1.82) is 0 Å². The van der Waals surface area contributed by atoms with Crippen molar-refractivity contribution in [3.63, 3.8) is 0 Å². The van der Waals surface area contributed by atoms with Crippen molar-refractivity contribution in [2.75, 3.05) is 0 Å². The number of rotatable bonds is 7. The van der Waals surface area contributed by atoms with Crippen LogP contribution in [0.2, 0.25) is 19.6 Å². The zero-order chi connectivity index (χ0) is 14.6. The topological polar surface area (TPSA) is 20.2 Å². The molecule has 0 heterocycles. The Hall–Kier alpha value is -1.22. The van der Waals surface area contributed by atoms with Crippen molar-refractivity contribution in [3.8, 4) is 23.3 Å². The molecule has 0 aromatic rings. The van der Waals surface area contributed by atoms with Crippen molar-refractivity contribution >= 4 is 8.07 Å². The molecular weight excluding hydrogens is 248 g/mol. The molecule has 1 nitrogen and oxygen atoms in total. The Balaban J connectivity index is 3.84. The van der Waals surface area contributed by atoms with Gasteiger partial charge in [-0.05, 0) is 43.6 Å². The van der Waals surface area contributed by atoms with Gasteiger partial charge in [0.2, 0.25) is 0 Å². The molecule has 0 aromatic carbocycles. The molecule has 0 fully saturated rings. The van der Waals surface area contributed by atoms with E-state index in [1.807, 2.05) is 12.2 Å². The summed E-state index contributed by atoms with van der Waals surface area (Å²) in [5, 5.41) is 9.59. The first-order valence-corrected chi connectivity index (χ1v) is 10.4. The minimum Gasteiger partial charge on any atom is -0.377 e. The molecule has 19 heavy (non-hydrogen) atoms. The van der Waals surface area contributed by atoms with Crippen LogP contribution in [0.25, 0.3) is 0 Å². The van der Waals surface area contributed by atoms with Crippen LogP contribution in [0, 0.1) is 23.3 Å². The van der Waals surface area contributed by atoms with E-state index in [0.717, 1.165) is 19.3 Å². The summed E-state index contributed by atoms with van der Waals surface area (Å²) < 4.78 is 0. The van der Waals surface area contributed by atoms with Crippen LogP contribution in [0.1, 0.15) is 32.1 Å². The highest BCUT2D eigenvalue weighted by Crippen LogP contribution is 2.04. The SMILES string of the molecule is C=CCCCCC/C=C\C(O)C#CC#C[Si](C)(C)C. The van der Waals surface area contributed by atoms with Crippen molar-refractivity contribution in [2.24, 2.45) is 0 Å². The van der Waals surface area contributed by atoms with Gasteiger partial charge in [0.15, 0.2) is 0 Å². The largest absolute Gasteiger partial charge is 0.377 e. The highest BCUT2D eigenvalue weighted by atomic mass is 28.3. The molecule has 0 amide bonds. The monoisotopic (exact) mass is 274 g/mol. The summed E-state index contributed by atoms with van der Waals surface area (Å²) in [6, 6.07) is 0. The first kappa shape index (κ1) is 17.8. The highest BCUT2D eigenvalue weighted by molar-refractivity contribution is 6.83. The molecule has 2 heteroatoms. The third-order valence-electron chi connectivity index (χ3n) is 2.32. The third kappa shape index (κ3) is 14.7. The zero-order valence-electron chi connectivity index (χ0n) is 12.5. The number of aliphatic hydroxyl groups is 1. The van der Waals surface area contributed by atoms with E-state index in [2.05, 4.69) is 49.5 Å². The molecule has 0 aliphatic rings. The molecule has 1 N–H and O–H groups in total. The molecule has 1 unspecified atom stereocenters. The zero-order valence-corrected chi connectivity index (χ0v) is 13.5. The van der Waals surface area contributed by atoms with Gasteiger partial charge in [0.1, 0.15) is 14.2 Å². The summed E-state index contributed by atoms with van der Waals surface area (Å²) in [7, 11) is -1.35. The summed E-state index contributed by atoms with van der Waals surface area (Å²) in [5.41, 5.74) is 3.15. The summed E-state index contributed by atoms with van der Waals surface area (Å²) in [6.45, 7) is 10.2. The molecule has 0 aliphatic carbocycles. The van der Waals surface area contributed by atoms with Gasteiger partial charge in [-0.1, -0.05) is 44.1 Å². The van der Waals surface area contributed by atoms with Crippen LogP contribution in [-0.2, 0) is 0 Å². The van der Waals surface area contributed by atoms with Crippen LogP contribution in [0.3, 0.4) is 0 Å². The van der Waals surface area contributed by atoms with Gasteiger partial charge >= 0.3 is 0 Å². The molecule has 0 bridgehead atoms. The number of aliphatic hydroxyl groups excluding tert-OH is 1. The van der Waals surface area contributed by atoms with Gasteiger partial charge in [-0.3, -0.25) is 0 Å². The van der Waals surface area contributed by atoms with E-state index in [0.29, 0.717) is 0 Å². The maximum absolute atomic E-state index is 9.59. The van der Waals surface area contributed by atoms with Crippen LogP contribution in [0.4, 0.5) is 0 Å². The number of unbranched alkanes of at least 4 members (excludes halogenated alkanes) is 4. The van der Waals surface area contributed by atoms with Crippen molar-refractivity contribution in [1.82, 2.24) is 0 Å². The Bertz CT molecular complexity index is 393. The maximum Gasteiger partial charge on any atom is 0.134 e. The average molecular weight is 274 g/mol. The Labute approximate surface area is 119 Å². The summed E-state index contributed by atoms with van der Waals surface area (Å²) in [6.07, 6.45) is 10.7. The van der Waals surface area contributed by atoms with E-state index >= 15 is 0 Å². The lowest BCUT2D eigenvalue weighted by molar-refractivity contribution is 0.280. The lowest BCUT2D eigenvalue weighted by Gasteiger charge is -2.01. The lowest BCUT2D eigenvalue weighted by atomic mass is 10.1. The normalized spacial score (nSPS) is 12.2. The van der Waals surface area contributed by atoms with E-state index in [-0.39, 0.29) is 0 Å². The predicted molar refractivity (Wildman–Crippen MR) is 87.3 cm³/mol. The standard InChI is InChI=1S/C17H26OSi/c1-5-6-7-8-9-10-11-14-17(18)15-12-13-16-19(2,3)4/h5,11,14,17-18H,1,6-10H2,2-4H3/b14-11-. The smallest absolute Gasteiger partial charge is 0.134 e. The maximum atomic E-state index is 9.59. The quantitative estimate of drug-likeness (QED) is 0.323. The van der Waals surface area contributed by atoms with Crippen LogP contribution in [-0.4, -0.2) is 19.3 Å². The third-order valence-corrected chi connectivity index (χ3v) is 3.19. The van der Waals surface area contributed by atoms with Gasteiger partial charge in [-0.25, -0.2) is 0 Å². The highest BCUT2D eigenvalue weighted by Gasteiger charge is 2.06. The van der Waals surface area contributed by atoms with E-state index < -0.39 is 14.2 Å². The molecule has 0 saturated carbocycles. The molecule has 0 spiro atoms. The van der Waals surface area contributed by atoms with Crippen LogP contribution >= 0.6 is 0 Å². The second-order valence-corrected chi connectivity index (χ2v) is 10.3. The fraction of sp³-hybridized carbons (Fsp3) is 0.529. The van der Waals surface area contributed by atoms with Crippen LogP contribution in [0.15, 0.2) is 24.8 Å². The molecule has 0 aromatic heterocycles. The Morgan fingerprint density at radius 3 is 2.42 bits per heavy atom. The van der Waals surface area contributed by atoms with Gasteiger partial charge in [0.25, 0.3) is 0 Å². The fourth-order valence-corrected chi connectivity index (χ4v) is 1.77. The molecule has 0 aliphatic heterocycles. The molecule has 0 radical (unpaired) electrons. The van der Waals surface area contributed by atoms with Gasteiger partial charge in [-0.15, -0.1) is 12.1 Å². The Kier molecular flexibility index (Phi) is 9.99. The number of hydrogen-bond acceptors (Lipinski definition) is 1. The van der Waals surface area contributed by atoms with Crippen LogP contribution < -0.4 is 0 Å².